The van der Waals surface area contributed by atoms with Gasteiger partial charge < -0.3 is 18.9 Å². The third kappa shape index (κ3) is 10.2. The van der Waals surface area contributed by atoms with Crippen LogP contribution in [-0.4, -0.2) is 24.9 Å². The molecule has 1 saturated carbocycles. The topological polar surface area (TPSA) is 36.9 Å². The monoisotopic (exact) mass is 640 g/mol. The summed E-state index contributed by atoms with van der Waals surface area (Å²) in [5, 5.41) is 0. The fourth-order valence-electron chi connectivity index (χ4n) is 6.89. The first-order valence-corrected chi connectivity index (χ1v) is 17.4. The molecule has 0 bridgehead atoms. The van der Waals surface area contributed by atoms with Gasteiger partial charge in [-0.3, -0.25) is 0 Å². The molecule has 5 aromatic carbocycles. The van der Waals surface area contributed by atoms with Crippen molar-refractivity contribution in [2.45, 2.75) is 70.4 Å². The molecule has 4 heteroatoms. The van der Waals surface area contributed by atoms with Gasteiger partial charge in [0, 0.05) is 5.92 Å². The summed E-state index contributed by atoms with van der Waals surface area (Å²) in [6.07, 6.45) is 3.52. The minimum Gasteiger partial charge on any atom is -0.376 e. The van der Waals surface area contributed by atoms with Crippen molar-refractivity contribution >= 4 is 0 Å². The summed E-state index contributed by atoms with van der Waals surface area (Å²) in [5.74, 6) is 0.494. The fraction of sp³-hybridized carbons (Fsp3) is 0.318. The lowest BCUT2D eigenvalue weighted by atomic mass is 9.72. The quantitative estimate of drug-likeness (QED) is 0.101. The van der Waals surface area contributed by atoms with Gasteiger partial charge in [-0.1, -0.05) is 152 Å². The highest BCUT2D eigenvalue weighted by molar-refractivity contribution is 5.17. The molecule has 4 nitrogen and oxygen atoms in total. The predicted octanol–water partition coefficient (Wildman–Crippen LogP) is 9.62. The van der Waals surface area contributed by atoms with Gasteiger partial charge in [0.2, 0.25) is 0 Å². The van der Waals surface area contributed by atoms with Gasteiger partial charge in [0.15, 0.2) is 0 Å². The van der Waals surface area contributed by atoms with E-state index in [1.165, 1.54) is 11.1 Å². The van der Waals surface area contributed by atoms with Crippen LogP contribution in [0.3, 0.4) is 0 Å². The van der Waals surface area contributed by atoms with Crippen LogP contribution in [0, 0.1) is 11.8 Å². The summed E-state index contributed by atoms with van der Waals surface area (Å²) in [5.41, 5.74) is 6.01. The Morgan fingerprint density at radius 2 is 0.854 bits per heavy atom. The second-order valence-corrected chi connectivity index (χ2v) is 12.9. The molecule has 1 aliphatic rings. The highest BCUT2D eigenvalue weighted by Crippen LogP contribution is 2.40. The first kappa shape index (κ1) is 33.8. The average molecular weight is 641 g/mol. The summed E-state index contributed by atoms with van der Waals surface area (Å²) in [7, 11) is 0. The maximum atomic E-state index is 6.98. The van der Waals surface area contributed by atoms with E-state index in [0.717, 1.165) is 42.4 Å². The molecule has 0 heterocycles. The van der Waals surface area contributed by atoms with E-state index in [1.807, 2.05) is 24.3 Å². The minimum atomic E-state index is -0.256. The van der Waals surface area contributed by atoms with Crippen molar-refractivity contribution in [1.82, 2.24) is 0 Å². The molecule has 5 aromatic rings. The van der Waals surface area contributed by atoms with Crippen molar-refractivity contribution in [2.24, 2.45) is 11.8 Å². The molecule has 5 atom stereocenters. The van der Waals surface area contributed by atoms with Crippen LogP contribution in [-0.2, 0) is 51.8 Å². The molecule has 0 amide bonds. The van der Waals surface area contributed by atoms with Crippen molar-refractivity contribution in [3.05, 3.63) is 179 Å². The van der Waals surface area contributed by atoms with Gasteiger partial charge in [-0.15, -0.1) is 0 Å². The predicted molar refractivity (Wildman–Crippen MR) is 192 cm³/mol. The van der Waals surface area contributed by atoms with Gasteiger partial charge >= 0.3 is 0 Å². The van der Waals surface area contributed by atoms with Gasteiger partial charge in [-0.05, 0) is 59.4 Å². The Hall–Kier alpha value is -4.06. The lowest BCUT2D eigenvalue weighted by Gasteiger charge is -2.46. The maximum Gasteiger partial charge on any atom is 0.111 e. The zero-order valence-corrected chi connectivity index (χ0v) is 27.8. The average Bonchev–Trinajstić information content (AvgIpc) is 3.15. The Kier molecular flexibility index (Phi) is 13.0. The number of aryl methyl sites for hydroxylation is 1. The van der Waals surface area contributed by atoms with Crippen LogP contribution >= 0.6 is 0 Å². The molecule has 0 radical (unpaired) electrons. The van der Waals surface area contributed by atoms with E-state index in [0.29, 0.717) is 39.0 Å². The van der Waals surface area contributed by atoms with Crippen LogP contribution in [0.5, 0.6) is 0 Å². The Morgan fingerprint density at radius 1 is 0.438 bits per heavy atom. The second-order valence-electron chi connectivity index (χ2n) is 12.9. The summed E-state index contributed by atoms with van der Waals surface area (Å²) in [6.45, 7) is 2.71. The van der Waals surface area contributed by atoms with E-state index in [-0.39, 0.29) is 24.2 Å². The molecule has 1 fully saturated rings. The minimum absolute atomic E-state index is 0.123. The van der Waals surface area contributed by atoms with Crippen LogP contribution in [0.15, 0.2) is 152 Å². The zero-order chi connectivity index (χ0) is 32.6. The van der Waals surface area contributed by atoms with E-state index in [4.69, 9.17) is 18.9 Å². The van der Waals surface area contributed by atoms with Gasteiger partial charge in [0.25, 0.3) is 0 Å². The molecule has 0 N–H and O–H groups in total. The SMILES string of the molecule is c1ccc(CCCC2CC(OCc3ccccc3)C(OCc3ccccc3)C(OCc3ccccc3)C2COCc2ccccc2)cc1. The maximum absolute atomic E-state index is 6.98. The van der Waals surface area contributed by atoms with Crippen LogP contribution in [0.4, 0.5) is 0 Å². The molecule has 248 valence electrons. The summed E-state index contributed by atoms with van der Waals surface area (Å²) >= 11 is 0. The van der Waals surface area contributed by atoms with Crippen molar-refractivity contribution in [1.29, 1.82) is 0 Å². The van der Waals surface area contributed by atoms with Gasteiger partial charge in [-0.25, -0.2) is 0 Å². The van der Waals surface area contributed by atoms with Crippen molar-refractivity contribution in [3.63, 3.8) is 0 Å². The van der Waals surface area contributed by atoms with Crippen molar-refractivity contribution in [2.75, 3.05) is 6.61 Å². The van der Waals surface area contributed by atoms with Crippen LogP contribution in [0.2, 0.25) is 0 Å². The molecule has 0 spiro atoms. The lowest BCUT2D eigenvalue weighted by molar-refractivity contribution is -0.209. The van der Waals surface area contributed by atoms with E-state index in [1.54, 1.807) is 0 Å². The van der Waals surface area contributed by atoms with Crippen molar-refractivity contribution < 1.29 is 18.9 Å². The third-order valence-electron chi connectivity index (χ3n) is 9.44. The molecule has 1 aliphatic carbocycles. The van der Waals surface area contributed by atoms with Gasteiger partial charge in [0.1, 0.15) is 6.10 Å². The van der Waals surface area contributed by atoms with Crippen LogP contribution < -0.4 is 0 Å². The molecule has 5 unspecified atom stereocenters. The molecular weight excluding hydrogens is 592 g/mol. The molecule has 6 rings (SSSR count). The van der Waals surface area contributed by atoms with E-state index < -0.39 is 0 Å². The largest absolute Gasteiger partial charge is 0.376 e. The van der Waals surface area contributed by atoms with E-state index in [2.05, 4.69) is 127 Å². The Morgan fingerprint density at radius 3 is 1.35 bits per heavy atom. The fourth-order valence-corrected chi connectivity index (χ4v) is 6.89. The Labute approximate surface area is 286 Å². The Bertz CT molecular complexity index is 1560. The first-order valence-electron chi connectivity index (χ1n) is 17.4. The Balaban J connectivity index is 1.28. The molecule has 48 heavy (non-hydrogen) atoms. The number of hydrogen-bond donors (Lipinski definition) is 0. The number of hydrogen-bond acceptors (Lipinski definition) is 4. The molecular formula is C44H48O4. The number of benzene rings is 5. The van der Waals surface area contributed by atoms with Crippen LogP contribution in [0.1, 0.15) is 47.1 Å². The summed E-state index contributed by atoms with van der Waals surface area (Å²) in [6, 6.07) is 52.6. The normalized spacial score (nSPS) is 20.8. The van der Waals surface area contributed by atoms with Gasteiger partial charge in [0.05, 0.1) is 45.2 Å². The van der Waals surface area contributed by atoms with Gasteiger partial charge in [-0.2, -0.15) is 0 Å². The van der Waals surface area contributed by atoms with E-state index >= 15 is 0 Å². The highest BCUT2D eigenvalue weighted by Gasteiger charge is 2.47. The number of rotatable bonds is 17. The third-order valence-corrected chi connectivity index (χ3v) is 9.44. The summed E-state index contributed by atoms with van der Waals surface area (Å²) in [4.78, 5) is 0. The zero-order valence-electron chi connectivity index (χ0n) is 27.8. The molecule has 0 aromatic heterocycles. The standard InChI is InChI=1S/C44H48O4/c1-6-17-35(18-7-1)27-16-28-40-29-42(46-31-37-21-10-3-11-22-37)44(48-33-39-25-14-5-15-26-39)43(47-32-38-23-12-4-13-24-38)41(40)34-45-30-36-19-8-2-9-20-36/h1-15,17-26,40-44H,16,27-34H2. The second kappa shape index (κ2) is 18.5. The molecule has 0 saturated heterocycles. The molecule has 0 aliphatic heterocycles. The summed E-state index contributed by atoms with van der Waals surface area (Å²) < 4.78 is 27.2. The van der Waals surface area contributed by atoms with Crippen molar-refractivity contribution in [3.8, 4) is 0 Å². The van der Waals surface area contributed by atoms with E-state index in [9.17, 15) is 0 Å². The smallest absolute Gasteiger partial charge is 0.111 e. The lowest BCUT2D eigenvalue weighted by Crippen LogP contribution is -2.55. The van der Waals surface area contributed by atoms with Crippen LogP contribution in [0.25, 0.3) is 0 Å². The number of ether oxygens (including phenoxy) is 4. The first-order chi connectivity index (χ1) is 23.8. The highest BCUT2D eigenvalue weighted by atomic mass is 16.6.